The summed E-state index contributed by atoms with van der Waals surface area (Å²) in [5, 5.41) is 0.866. The molecule has 2 radical (unpaired) electrons. The van der Waals surface area contributed by atoms with Crippen LogP contribution in [0.25, 0.3) is 5.60 Å². The Morgan fingerprint density at radius 1 is 1.92 bits per heavy atom. The highest BCUT2D eigenvalue weighted by Gasteiger charge is 2.06. The number of imidazole rings is 1. The Morgan fingerprint density at radius 2 is 2.58 bits per heavy atom. The first-order valence-corrected chi connectivity index (χ1v) is 4.55. The quantitative estimate of drug-likeness (QED) is 0.559. The molecule has 1 rings (SSSR count). The van der Waals surface area contributed by atoms with Crippen molar-refractivity contribution in [3.8, 4) is 0 Å². The van der Waals surface area contributed by atoms with Crippen LogP contribution in [0.5, 0.6) is 0 Å². The standard InChI is InChI=1S/C7H10BN3S/c1-3-12-7-6(9)10-4-11(7)5(2)8/h4H,2-3,9H2,1H3. The zero-order valence-corrected chi connectivity index (χ0v) is 7.77. The second-order valence-electron chi connectivity index (χ2n) is 2.23. The molecule has 5 heteroatoms. The van der Waals surface area contributed by atoms with Crippen molar-refractivity contribution >= 4 is 31.0 Å². The average molecular weight is 179 g/mol. The van der Waals surface area contributed by atoms with E-state index in [1.165, 1.54) is 0 Å². The van der Waals surface area contributed by atoms with Crippen LogP contribution in [-0.4, -0.2) is 23.2 Å². The summed E-state index contributed by atoms with van der Waals surface area (Å²) in [6.07, 6.45) is 1.58. The molecule has 0 saturated carbocycles. The fourth-order valence-corrected chi connectivity index (χ4v) is 1.61. The first-order chi connectivity index (χ1) is 5.66. The molecule has 0 aliphatic carbocycles. The lowest BCUT2D eigenvalue weighted by Crippen LogP contribution is -1.97. The van der Waals surface area contributed by atoms with Crippen molar-refractivity contribution in [3.63, 3.8) is 0 Å². The van der Waals surface area contributed by atoms with Gasteiger partial charge in [0, 0.05) is 0 Å². The van der Waals surface area contributed by atoms with Crippen LogP contribution in [-0.2, 0) is 0 Å². The van der Waals surface area contributed by atoms with Crippen LogP contribution >= 0.6 is 11.8 Å². The third-order valence-electron chi connectivity index (χ3n) is 1.34. The number of aromatic nitrogens is 2. The third kappa shape index (κ3) is 1.66. The third-order valence-corrected chi connectivity index (χ3v) is 2.31. The summed E-state index contributed by atoms with van der Waals surface area (Å²) in [6, 6.07) is 0. The van der Waals surface area contributed by atoms with E-state index in [1.54, 1.807) is 22.7 Å². The number of anilines is 1. The summed E-state index contributed by atoms with van der Waals surface area (Å²) >= 11 is 1.60. The largest absolute Gasteiger partial charge is 0.381 e. The van der Waals surface area contributed by atoms with Gasteiger partial charge in [-0.3, -0.25) is 0 Å². The molecule has 0 amide bonds. The van der Waals surface area contributed by atoms with Gasteiger partial charge in [-0.1, -0.05) is 13.5 Å². The molecular formula is C7H10BN3S. The van der Waals surface area contributed by atoms with Crippen molar-refractivity contribution in [2.75, 3.05) is 11.5 Å². The topological polar surface area (TPSA) is 43.8 Å². The number of hydrogen-bond donors (Lipinski definition) is 1. The van der Waals surface area contributed by atoms with Crippen molar-refractivity contribution in [3.05, 3.63) is 12.9 Å². The number of nitrogens with zero attached hydrogens (tertiary/aromatic N) is 2. The van der Waals surface area contributed by atoms with Gasteiger partial charge in [-0.05, 0) is 11.3 Å². The molecule has 3 nitrogen and oxygen atoms in total. The van der Waals surface area contributed by atoms with Crippen LogP contribution < -0.4 is 5.73 Å². The Bertz CT molecular complexity index is 295. The first-order valence-electron chi connectivity index (χ1n) is 3.57. The summed E-state index contributed by atoms with van der Waals surface area (Å²) in [5.74, 6) is 1.44. The first kappa shape index (κ1) is 9.25. The van der Waals surface area contributed by atoms with Gasteiger partial charge in [-0.25, -0.2) is 4.98 Å². The number of nitrogen functional groups attached to an aromatic ring is 1. The molecule has 1 aromatic rings. The fourth-order valence-electron chi connectivity index (χ4n) is 0.836. The van der Waals surface area contributed by atoms with Gasteiger partial charge in [0.15, 0.2) is 5.82 Å². The molecule has 1 aromatic heterocycles. The van der Waals surface area contributed by atoms with E-state index in [0.717, 1.165) is 10.8 Å². The van der Waals surface area contributed by atoms with Gasteiger partial charge in [-0.15, -0.1) is 11.8 Å². The van der Waals surface area contributed by atoms with Crippen LogP contribution in [0.4, 0.5) is 5.82 Å². The number of thioether (sulfide) groups is 1. The molecule has 62 valence electrons. The van der Waals surface area contributed by atoms with E-state index < -0.39 is 0 Å². The minimum absolute atomic E-state index is 0.440. The van der Waals surface area contributed by atoms with Crippen LogP contribution in [0.2, 0.25) is 0 Å². The lowest BCUT2D eigenvalue weighted by molar-refractivity contribution is 1.01. The summed E-state index contributed by atoms with van der Waals surface area (Å²) in [7, 11) is 5.52. The minimum Gasteiger partial charge on any atom is -0.381 e. The molecule has 0 aliphatic heterocycles. The Labute approximate surface area is 77.5 Å². The van der Waals surface area contributed by atoms with Gasteiger partial charge in [0.2, 0.25) is 0 Å². The van der Waals surface area contributed by atoms with E-state index in [2.05, 4.69) is 11.6 Å². The zero-order chi connectivity index (χ0) is 9.14. The maximum atomic E-state index is 5.62. The van der Waals surface area contributed by atoms with Gasteiger partial charge >= 0.3 is 0 Å². The Balaban J connectivity index is 3.03. The molecule has 1 heterocycles. The van der Waals surface area contributed by atoms with E-state index in [9.17, 15) is 0 Å². The summed E-state index contributed by atoms with van der Waals surface area (Å²) in [6.45, 7) is 5.66. The van der Waals surface area contributed by atoms with Crippen LogP contribution in [0.1, 0.15) is 6.92 Å². The molecule has 0 atom stereocenters. The van der Waals surface area contributed by atoms with Gasteiger partial charge in [0.1, 0.15) is 19.2 Å². The average Bonchev–Trinajstić information content (AvgIpc) is 2.34. The molecule has 0 unspecified atom stereocenters. The maximum Gasteiger partial charge on any atom is 0.156 e. The second-order valence-corrected chi connectivity index (χ2v) is 3.48. The molecule has 2 N–H and O–H groups in total. The van der Waals surface area contributed by atoms with Crippen LogP contribution in [0, 0.1) is 0 Å². The molecule has 0 bridgehead atoms. The van der Waals surface area contributed by atoms with Gasteiger partial charge in [0.25, 0.3) is 0 Å². The fraction of sp³-hybridized carbons (Fsp3) is 0.286. The minimum atomic E-state index is 0.440. The molecule has 12 heavy (non-hydrogen) atoms. The number of nitrogens with two attached hydrogens (primary N) is 1. The second kappa shape index (κ2) is 3.71. The highest BCUT2D eigenvalue weighted by atomic mass is 32.2. The number of rotatable bonds is 3. The number of hydrogen-bond acceptors (Lipinski definition) is 3. The van der Waals surface area contributed by atoms with E-state index in [4.69, 9.17) is 13.6 Å². The molecule has 0 aliphatic rings. The van der Waals surface area contributed by atoms with E-state index in [0.29, 0.717) is 11.4 Å². The van der Waals surface area contributed by atoms with E-state index in [-0.39, 0.29) is 0 Å². The van der Waals surface area contributed by atoms with Gasteiger partial charge in [0.05, 0.1) is 0 Å². The zero-order valence-electron chi connectivity index (χ0n) is 6.95. The van der Waals surface area contributed by atoms with Crippen molar-refractivity contribution in [2.24, 2.45) is 0 Å². The smallest absolute Gasteiger partial charge is 0.156 e. The maximum absolute atomic E-state index is 5.62. The lowest BCUT2D eigenvalue weighted by Gasteiger charge is -2.05. The van der Waals surface area contributed by atoms with Crippen LogP contribution in [0.3, 0.4) is 0 Å². The van der Waals surface area contributed by atoms with Crippen molar-refractivity contribution in [1.82, 2.24) is 9.55 Å². The van der Waals surface area contributed by atoms with Crippen molar-refractivity contribution in [2.45, 2.75) is 11.9 Å². The SMILES string of the molecule is [B]C(=C)n1cnc(N)c1SCC. The highest BCUT2D eigenvalue weighted by molar-refractivity contribution is 7.99. The molecule has 0 aromatic carbocycles. The molecular weight excluding hydrogens is 169 g/mol. The molecule has 0 saturated heterocycles. The summed E-state index contributed by atoms with van der Waals surface area (Å²) in [4.78, 5) is 3.94. The predicted molar refractivity (Wildman–Crippen MR) is 54.1 cm³/mol. The summed E-state index contributed by atoms with van der Waals surface area (Å²) in [5.41, 5.74) is 6.06. The van der Waals surface area contributed by atoms with Crippen molar-refractivity contribution < 1.29 is 0 Å². The molecule has 0 spiro atoms. The normalized spacial score (nSPS) is 10.1. The predicted octanol–water partition coefficient (Wildman–Crippen LogP) is 1.17. The Kier molecular flexibility index (Phi) is 2.86. The Hall–Kier alpha value is -0.835. The van der Waals surface area contributed by atoms with Gasteiger partial charge in [-0.2, -0.15) is 0 Å². The van der Waals surface area contributed by atoms with Crippen LogP contribution in [0.15, 0.2) is 17.9 Å². The Morgan fingerprint density at radius 3 is 3.08 bits per heavy atom. The van der Waals surface area contributed by atoms with Gasteiger partial charge < -0.3 is 10.3 Å². The molecule has 0 fully saturated rings. The van der Waals surface area contributed by atoms with Crippen molar-refractivity contribution in [1.29, 1.82) is 0 Å². The summed E-state index contributed by atoms with van der Waals surface area (Å²) < 4.78 is 1.68. The lowest BCUT2D eigenvalue weighted by atomic mass is 10.1. The van der Waals surface area contributed by atoms with E-state index in [1.807, 2.05) is 6.92 Å². The highest BCUT2D eigenvalue weighted by Crippen LogP contribution is 2.24. The van der Waals surface area contributed by atoms with E-state index >= 15 is 0 Å². The monoisotopic (exact) mass is 179 g/mol.